The molecule has 0 aromatic heterocycles. The van der Waals surface area contributed by atoms with Crippen molar-refractivity contribution in [2.75, 3.05) is 12.5 Å². The Morgan fingerprint density at radius 1 is 1.73 bits per heavy atom. The van der Waals surface area contributed by atoms with Gasteiger partial charge in [0.1, 0.15) is 6.61 Å². The Kier molecular flexibility index (Phi) is 6.37. The second-order valence-corrected chi connectivity index (χ2v) is 2.81. The van der Waals surface area contributed by atoms with Gasteiger partial charge in [-0.25, -0.2) is 4.79 Å². The van der Waals surface area contributed by atoms with Crippen LogP contribution < -0.4 is 0 Å². The molecule has 0 fully saturated rings. The van der Waals surface area contributed by atoms with Gasteiger partial charge in [0.25, 0.3) is 0 Å². The number of rotatable bonds is 4. The molecule has 0 N–H and O–H groups in total. The van der Waals surface area contributed by atoms with Gasteiger partial charge in [0, 0.05) is 12.0 Å². The molecule has 11 heavy (non-hydrogen) atoms. The van der Waals surface area contributed by atoms with Crippen molar-refractivity contribution >= 4 is 29.2 Å². The van der Waals surface area contributed by atoms with Gasteiger partial charge in [0.2, 0.25) is 0 Å². The number of hydrogen-bond donors (Lipinski definition) is 0. The summed E-state index contributed by atoms with van der Waals surface area (Å²) in [7, 11) is 0. The fraction of sp³-hybridized carbons (Fsp3) is 0.571. The minimum absolute atomic E-state index is 0.161. The first-order chi connectivity index (χ1) is 5.20. The summed E-state index contributed by atoms with van der Waals surface area (Å²) >= 11 is 10.9. The maximum absolute atomic E-state index is 10.7. The third-order valence-electron chi connectivity index (χ3n) is 0.877. The van der Waals surface area contributed by atoms with Crippen LogP contribution in [0, 0.1) is 0 Å². The quantitative estimate of drug-likeness (QED) is 0.391. The summed E-state index contributed by atoms with van der Waals surface area (Å²) < 4.78 is 4.69. The van der Waals surface area contributed by atoms with Crippen LogP contribution in [-0.2, 0) is 9.53 Å². The molecule has 0 aromatic rings. The zero-order chi connectivity index (χ0) is 8.69. The Morgan fingerprint density at radius 2 is 2.36 bits per heavy atom. The van der Waals surface area contributed by atoms with E-state index in [0.29, 0.717) is 0 Å². The average molecular weight is 197 g/mol. The van der Waals surface area contributed by atoms with E-state index in [2.05, 4.69) is 0 Å². The predicted molar refractivity (Wildman–Crippen MR) is 46.1 cm³/mol. The van der Waals surface area contributed by atoms with Crippen molar-refractivity contribution < 1.29 is 9.53 Å². The van der Waals surface area contributed by atoms with E-state index < -0.39 is 0 Å². The molecule has 0 heterocycles. The summed E-state index contributed by atoms with van der Waals surface area (Å²) in [5, 5.41) is -0.300. The van der Waals surface area contributed by atoms with E-state index >= 15 is 0 Å². The highest BCUT2D eigenvalue weighted by Gasteiger charge is 2.04. The van der Waals surface area contributed by atoms with E-state index in [1.165, 1.54) is 6.08 Å². The maximum atomic E-state index is 10.7. The van der Waals surface area contributed by atoms with Crippen molar-refractivity contribution in [3.63, 3.8) is 0 Å². The van der Waals surface area contributed by atoms with Gasteiger partial charge in [-0.1, -0.05) is 6.08 Å². The molecule has 0 saturated heterocycles. The minimum Gasteiger partial charge on any atom is -0.461 e. The number of halogens is 2. The number of allylic oxidation sites excluding steroid dienone is 1. The number of esters is 1. The molecule has 0 amide bonds. The Labute approximate surface area is 76.1 Å². The van der Waals surface area contributed by atoms with Crippen LogP contribution in [0.1, 0.15) is 6.92 Å². The number of hydrogen-bond acceptors (Lipinski definition) is 2. The van der Waals surface area contributed by atoms with Crippen molar-refractivity contribution in [3.8, 4) is 0 Å². The van der Waals surface area contributed by atoms with E-state index in [1.807, 2.05) is 0 Å². The fourth-order valence-electron chi connectivity index (χ4n) is 0.401. The van der Waals surface area contributed by atoms with Gasteiger partial charge in [-0.05, 0) is 6.92 Å². The summed E-state index contributed by atoms with van der Waals surface area (Å²) in [5.74, 6) is -0.103. The van der Waals surface area contributed by atoms with Gasteiger partial charge in [0.05, 0.1) is 5.38 Å². The normalized spacial score (nSPS) is 13.4. The van der Waals surface area contributed by atoms with Crippen molar-refractivity contribution in [1.29, 1.82) is 0 Å². The minimum atomic E-state index is -0.386. The van der Waals surface area contributed by atoms with E-state index in [-0.39, 0.29) is 23.8 Å². The molecule has 1 unspecified atom stereocenters. The first kappa shape index (κ1) is 10.8. The lowest BCUT2D eigenvalue weighted by Gasteiger charge is -2.04. The maximum Gasteiger partial charge on any atom is 0.330 e. The topological polar surface area (TPSA) is 26.3 Å². The molecule has 2 nitrogen and oxygen atoms in total. The molecule has 0 bridgehead atoms. The Morgan fingerprint density at radius 3 is 2.82 bits per heavy atom. The molecule has 0 rings (SSSR count). The molecule has 0 saturated carbocycles. The largest absolute Gasteiger partial charge is 0.461 e. The van der Waals surface area contributed by atoms with Crippen LogP contribution in [0.5, 0.6) is 0 Å². The molecule has 4 heteroatoms. The molecule has 0 aliphatic heterocycles. The third-order valence-corrected chi connectivity index (χ3v) is 1.69. The molecule has 0 radical (unpaired) electrons. The second kappa shape index (κ2) is 6.50. The lowest BCUT2D eigenvalue weighted by molar-refractivity contribution is -0.137. The van der Waals surface area contributed by atoms with Crippen molar-refractivity contribution in [1.82, 2.24) is 0 Å². The van der Waals surface area contributed by atoms with Gasteiger partial charge in [-0.2, -0.15) is 0 Å². The predicted octanol–water partition coefficient (Wildman–Crippen LogP) is 1.95. The highest BCUT2D eigenvalue weighted by Crippen LogP contribution is 1.99. The monoisotopic (exact) mass is 196 g/mol. The molecule has 0 aliphatic rings. The molecular weight excluding hydrogens is 187 g/mol. The van der Waals surface area contributed by atoms with E-state index in [0.717, 1.165) is 0 Å². The van der Waals surface area contributed by atoms with Crippen molar-refractivity contribution in [3.05, 3.63) is 12.2 Å². The van der Waals surface area contributed by atoms with Crippen molar-refractivity contribution in [2.24, 2.45) is 0 Å². The summed E-state index contributed by atoms with van der Waals surface area (Å²) in [6.07, 6.45) is 2.93. The van der Waals surface area contributed by atoms with Gasteiger partial charge in [0.15, 0.2) is 0 Å². The van der Waals surface area contributed by atoms with Crippen LogP contribution in [0.4, 0.5) is 0 Å². The lowest BCUT2D eigenvalue weighted by Crippen LogP contribution is -2.13. The number of carbonyl (C=O) groups excluding carboxylic acids is 1. The highest BCUT2D eigenvalue weighted by molar-refractivity contribution is 6.28. The molecular formula is C7H10Cl2O2. The third kappa shape index (κ3) is 6.20. The Balaban J connectivity index is 3.45. The number of carbonyl (C=O) groups is 1. The first-order valence-electron chi connectivity index (χ1n) is 3.20. The Hall–Kier alpha value is -0.210. The number of alkyl halides is 2. The lowest BCUT2D eigenvalue weighted by atomic mass is 10.5. The summed E-state index contributed by atoms with van der Waals surface area (Å²) in [6, 6.07) is 0. The van der Waals surface area contributed by atoms with Crippen LogP contribution in [0.3, 0.4) is 0 Å². The van der Waals surface area contributed by atoms with E-state index in [4.69, 9.17) is 27.9 Å². The van der Waals surface area contributed by atoms with Gasteiger partial charge in [-0.15, -0.1) is 23.2 Å². The standard InChI is InChI=1S/C7H10Cl2O2/c1-2-3-7(10)11-5-6(9)4-8/h2-3,6H,4-5H2,1H3/b3-2+. The Bertz CT molecular complexity index is 145. The van der Waals surface area contributed by atoms with Crippen LogP contribution in [0.15, 0.2) is 12.2 Å². The second-order valence-electron chi connectivity index (χ2n) is 1.88. The van der Waals surface area contributed by atoms with Crippen LogP contribution >= 0.6 is 23.2 Å². The highest BCUT2D eigenvalue weighted by atomic mass is 35.5. The molecule has 0 aromatic carbocycles. The fourth-order valence-corrected chi connectivity index (χ4v) is 0.553. The van der Waals surface area contributed by atoms with E-state index in [1.54, 1.807) is 13.0 Å². The summed E-state index contributed by atoms with van der Waals surface area (Å²) in [6.45, 7) is 1.90. The summed E-state index contributed by atoms with van der Waals surface area (Å²) in [4.78, 5) is 10.7. The van der Waals surface area contributed by atoms with Crippen molar-refractivity contribution in [2.45, 2.75) is 12.3 Å². The van der Waals surface area contributed by atoms with Gasteiger partial charge < -0.3 is 4.74 Å². The molecule has 1 atom stereocenters. The van der Waals surface area contributed by atoms with E-state index in [9.17, 15) is 4.79 Å². The molecule has 0 spiro atoms. The van der Waals surface area contributed by atoms with Gasteiger partial charge >= 0.3 is 5.97 Å². The van der Waals surface area contributed by atoms with Crippen LogP contribution in [0.25, 0.3) is 0 Å². The summed E-state index contributed by atoms with van der Waals surface area (Å²) in [5.41, 5.74) is 0. The number of ether oxygens (including phenoxy) is 1. The first-order valence-corrected chi connectivity index (χ1v) is 4.17. The smallest absolute Gasteiger partial charge is 0.330 e. The molecule has 64 valence electrons. The molecule has 0 aliphatic carbocycles. The zero-order valence-corrected chi connectivity index (χ0v) is 7.73. The zero-order valence-electron chi connectivity index (χ0n) is 6.22. The van der Waals surface area contributed by atoms with Crippen LogP contribution in [-0.4, -0.2) is 23.8 Å². The average Bonchev–Trinajstić information content (AvgIpc) is 2.01. The van der Waals surface area contributed by atoms with Gasteiger partial charge in [-0.3, -0.25) is 0 Å². The SMILES string of the molecule is C/C=C/C(=O)OCC(Cl)CCl. The van der Waals surface area contributed by atoms with Crippen LogP contribution in [0.2, 0.25) is 0 Å².